The van der Waals surface area contributed by atoms with Crippen LogP contribution >= 0.6 is 0 Å². The normalized spacial score (nSPS) is 11.1. The van der Waals surface area contributed by atoms with E-state index >= 15 is 0 Å². The van der Waals surface area contributed by atoms with Crippen molar-refractivity contribution >= 4 is 0 Å². The summed E-state index contributed by atoms with van der Waals surface area (Å²) in [6, 6.07) is 0. The Bertz CT molecular complexity index is 83.1. The van der Waals surface area contributed by atoms with E-state index in [4.69, 9.17) is 25.3 Å². The summed E-state index contributed by atoms with van der Waals surface area (Å²) >= 11 is 0. The molecule has 80 valence electrons. The molecule has 0 fully saturated rings. The fraction of sp³-hybridized carbons (Fsp3) is 1.00. The van der Waals surface area contributed by atoms with Crippen LogP contribution in [0.25, 0.3) is 0 Å². The summed E-state index contributed by atoms with van der Waals surface area (Å²) in [6.07, 6.45) is 0.991. The van der Waals surface area contributed by atoms with Gasteiger partial charge in [0.2, 0.25) is 6.29 Å². The summed E-state index contributed by atoms with van der Waals surface area (Å²) in [5, 5.41) is 0. The molecule has 0 heterocycles. The van der Waals surface area contributed by atoms with Crippen LogP contribution in [0.1, 0.15) is 26.7 Å². The van der Waals surface area contributed by atoms with Crippen molar-refractivity contribution in [2.75, 3.05) is 19.8 Å². The standard InChI is InChI=1S/C8H19NO4/c1-3-10-12-8(6-5-7-9)13-11-4-2/h8H,3-7,9H2,1-2H3. The molecular formula is C8H19NO4. The quantitative estimate of drug-likeness (QED) is 0.336. The lowest BCUT2D eigenvalue weighted by molar-refractivity contribution is -0.461. The van der Waals surface area contributed by atoms with Gasteiger partial charge in [0.05, 0.1) is 13.2 Å². The largest absolute Gasteiger partial charge is 0.330 e. The number of hydrogen-bond donors (Lipinski definition) is 1. The van der Waals surface area contributed by atoms with Gasteiger partial charge in [0, 0.05) is 6.42 Å². The molecule has 0 aromatic heterocycles. The molecule has 0 aliphatic heterocycles. The molecule has 13 heavy (non-hydrogen) atoms. The molecule has 0 amide bonds. The number of rotatable bonds is 9. The summed E-state index contributed by atoms with van der Waals surface area (Å²) in [5.41, 5.74) is 5.34. The average molecular weight is 193 g/mol. The smallest absolute Gasteiger partial charge is 0.224 e. The Kier molecular flexibility index (Phi) is 9.73. The van der Waals surface area contributed by atoms with Gasteiger partial charge in [-0.15, -0.1) is 0 Å². The van der Waals surface area contributed by atoms with Gasteiger partial charge < -0.3 is 5.73 Å². The second kappa shape index (κ2) is 9.88. The zero-order valence-corrected chi connectivity index (χ0v) is 8.32. The highest BCUT2D eigenvalue weighted by molar-refractivity contribution is 4.42. The zero-order valence-electron chi connectivity index (χ0n) is 8.32. The molecule has 0 atom stereocenters. The van der Waals surface area contributed by atoms with Crippen LogP contribution in [-0.2, 0) is 19.6 Å². The van der Waals surface area contributed by atoms with E-state index in [2.05, 4.69) is 0 Å². The summed E-state index contributed by atoms with van der Waals surface area (Å²) in [6.45, 7) is 5.23. The van der Waals surface area contributed by atoms with E-state index in [1.54, 1.807) is 0 Å². The maximum atomic E-state index is 5.34. The minimum Gasteiger partial charge on any atom is -0.330 e. The third kappa shape index (κ3) is 8.14. The molecule has 0 rings (SSSR count). The van der Waals surface area contributed by atoms with Crippen LogP contribution in [0.3, 0.4) is 0 Å². The van der Waals surface area contributed by atoms with E-state index in [0.29, 0.717) is 26.2 Å². The van der Waals surface area contributed by atoms with Crippen molar-refractivity contribution in [1.82, 2.24) is 0 Å². The molecule has 0 aromatic carbocycles. The summed E-state index contributed by atoms with van der Waals surface area (Å²) in [5.74, 6) is 0. The summed E-state index contributed by atoms with van der Waals surface area (Å²) in [4.78, 5) is 19.3. The fourth-order valence-electron chi connectivity index (χ4n) is 0.685. The number of hydrogen-bond acceptors (Lipinski definition) is 5. The molecule has 5 heteroatoms. The van der Waals surface area contributed by atoms with Crippen LogP contribution in [0.2, 0.25) is 0 Å². The minimum absolute atomic E-state index is 0.481. The Balaban J connectivity index is 3.47. The van der Waals surface area contributed by atoms with Crippen molar-refractivity contribution in [2.24, 2.45) is 5.73 Å². The van der Waals surface area contributed by atoms with Crippen molar-refractivity contribution in [1.29, 1.82) is 0 Å². The van der Waals surface area contributed by atoms with E-state index < -0.39 is 6.29 Å². The highest BCUT2D eigenvalue weighted by Gasteiger charge is 2.10. The Hall–Kier alpha value is -0.200. The van der Waals surface area contributed by atoms with E-state index in [1.807, 2.05) is 13.8 Å². The molecule has 0 unspecified atom stereocenters. The van der Waals surface area contributed by atoms with Gasteiger partial charge in [-0.25, -0.2) is 19.6 Å². The molecule has 0 saturated carbocycles. The molecular weight excluding hydrogens is 174 g/mol. The van der Waals surface area contributed by atoms with Gasteiger partial charge >= 0.3 is 0 Å². The monoisotopic (exact) mass is 193 g/mol. The Morgan fingerprint density at radius 3 is 2.00 bits per heavy atom. The second-order valence-corrected chi connectivity index (χ2v) is 2.37. The summed E-state index contributed by atoms with van der Waals surface area (Å²) in [7, 11) is 0. The van der Waals surface area contributed by atoms with Crippen LogP contribution < -0.4 is 5.73 Å². The molecule has 0 saturated heterocycles. The first-order valence-electron chi connectivity index (χ1n) is 4.61. The molecule has 5 nitrogen and oxygen atoms in total. The maximum absolute atomic E-state index is 5.34. The van der Waals surface area contributed by atoms with E-state index in [9.17, 15) is 0 Å². The average Bonchev–Trinajstić information content (AvgIpc) is 2.17. The Labute approximate surface area is 78.9 Å². The van der Waals surface area contributed by atoms with Gasteiger partial charge in [-0.05, 0) is 26.8 Å². The first-order chi connectivity index (χ1) is 6.35. The highest BCUT2D eigenvalue weighted by atomic mass is 17.3. The third-order valence-corrected chi connectivity index (χ3v) is 1.23. The summed E-state index contributed by atoms with van der Waals surface area (Å²) < 4.78 is 0. The molecule has 0 bridgehead atoms. The van der Waals surface area contributed by atoms with E-state index in [0.717, 1.165) is 6.42 Å². The molecule has 2 N–H and O–H groups in total. The van der Waals surface area contributed by atoms with Crippen LogP contribution in [0.15, 0.2) is 0 Å². The Morgan fingerprint density at radius 1 is 1.08 bits per heavy atom. The lowest BCUT2D eigenvalue weighted by Crippen LogP contribution is -2.19. The Morgan fingerprint density at radius 2 is 1.62 bits per heavy atom. The molecule has 0 aromatic rings. The van der Waals surface area contributed by atoms with Crippen LogP contribution in [-0.4, -0.2) is 26.0 Å². The first-order valence-corrected chi connectivity index (χ1v) is 4.61. The van der Waals surface area contributed by atoms with Crippen LogP contribution in [0.4, 0.5) is 0 Å². The van der Waals surface area contributed by atoms with Crippen molar-refractivity contribution < 1.29 is 19.6 Å². The minimum atomic E-state index is -0.483. The molecule has 0 spiro atoms. The predicted molar refractivity (Wildman–Crippen MR) is 47.5 cm³/mol. The first kappa shape index (κ1) is 12.8. The lowest BCUT2D eigenvalue weighted by Gasteiger charge is -2.14. The van der Waals surface area contributed by atoms with Crippen molar-refractivity contribution in [3.05, 3.63) is 0 Å². The molecule has 0 aliphatic rings. The van der Waals surface area contributed by atoms with Crippen molar-refractivity contribution in [3.8, 4) is 0 Å². The van der Waals surface area contributed by atoms with Gasteiger partial charge in [-0.3, -0.25) is 0 Å². The predicted octanol–water partition coefficient (Wildman–Crippen LogP) is 0.988. The van der Waals surface area contributed by atoms with Crippen LogP contribution in [0.5, 0.6) is 0 Å². The van der Waals surface area contributed by atoms with Gasteiger partial charge in [-0.2, -0.15) is 0 Å². The fourth-order valence-corrected chi connectivity index (χ4v) is 0.685. The van der Waals surface area contributed by atoms with Gasteiger partial charge in [0.1, 0.15) is 0 Å². The van der Waals surface area contributed by atoms with Gasteiger partial charge in [0.25, 0.3) is 0 Å². The van der Waals surface area contributed by atoms with Crippen LogP contribution in [0, 0.1) is 0 Å². The molecule has 0 radical (unpaired) electrons. The third-order valence-electron chi connectivity index (χ3n) is 1.23. The van der Waals surface area contributed by atoms with Gasteiger partial charge in [-0.1, -0.05) is 0 Å². The maximum Gasteiger partial charge on any atom is 0.224 e. The highest BCUT2D eigenvalue weighted by Crippen LogP contribution is 2.04. The topological polar surface area (TPSA) is 62.9 Å². The van der Waals surface area contributed by atoms with Crippen molar-refractivity contribution in [2.45, 2.75) is 33.0 Å². The number of nitrogens with two attached hydrogens (primary N) is 1. The molecule has 0 aliphatic carbocycles. The lowest BCUT2D eigenvalue weighted by atomic mass is 10.3. The van der Waals surface area contributed by atoms with E-state index in [1.165, 1.54) is 0 Å². The van der Waals surface area contributed by atoms with E-state index in [-0.39, 0.29) is 0 Å². The van der Waals surface area contributed by atoms with Crippen molar-refractivity contribution in [3.63, 3.8) is 0 Å². The SMILES string of the molecule is CCOOC(CCCN)OOCC. The second-order valence-electron chi connectivity index (χ2n) is 2.37. The zero-order chi connectivity index (χ0) is 9.94. The van der Waals surface area contributed by atoms with Gasteiger partial charge in [0.15, 0.2) is 0 Å².